The first-order valence-electron chi connectivity index (χ1n) is 5.24. The van der Waals surface area contributed by atoms with Crippen LogP contribution in [-0.2, 0) is 0 Å². The van der Waals surface area contributed by atoms with Crippen LogP contribution in [0.25, 0.3) is 11.1 Å². The molecule has 0 heterocycles. The van der Waals surface area contributed by atoms with Gasteiger partial charge in [-0.3, -0.25) is 4.79 Å². The van der Waals surface area contributed by atoms with Crippen LogP contribution in [-0.4, -0.2) is 13.4 Å². The number of halogens is 2. The lowest BCUT2D eigenvalue weighted by atomic mass is 10.0. The molecule has 0 radical (unpaired) electrons. The van der Waals surface area contributed by atoms with E-state index >= 15 is 0 Å². The summed E-state index contributed by atoms with van der Waals surface area (Å²) in [5.41, 5.74) is 1.65. The molecule has 2 aromatic rings. The molecule has 0 N–H and O–H groups in total. The minimum atomic E-state index is -0.374. The molecule has 18 heavy (non-hydrogen) atoms. The summed E-state index contributed by atoms with van der Waals surface area (Å²) < 4.78 is 18.5. The van der Waals surface area contributed by atoms with Crippen molar-refractivity contribution in [2.75, 3.05) is 7.11 Å². The van der Waals surface area contributed by atoms with E-state index in [9.17, 15) is 9.18 Å². The largest absolute Gasteiger partial charge is 0.496 e. The highest BCUT2D eigenvalue weighted by Crippen LogP contribution is 2.35. The highest BCUT2D eigenvalue weighted by molar-refractivity contribution is 6.33. The first kappa shape index (κ1) is 12.6. The number of methoxy groups -OCH3 is 1. The molecule has 0 fully saturated rings. The average molecular weight is 265 g/mol. The molecule has 0 atom stereocenters. The van der Waals surface area contributed by atoms with Crippen molar-refractivity contribution < 1.29 is 13.9 Å². The van der Waals surface area contributed by atoms with Gasteiger partial charge >= 0.3 is 0 Å². The van der Waals surface area contributed by atoms with Crippen molar-refractivity contribution in [3.63, 3.8) is 0 Å². The predicted octanol–water partition coefficient (Wildman–Crippen LogP) is 3.97. The molecular weight excluding hydrogens is 255 g/mol. The fourth-order valence-electron chi connectivity index (χ4n) is 1.71. The van der Waals surface area contributed by atoms with Crippen LogP contribution in [0.4, 0.5) is 4.39 Å². The second-order valence-corrected chi connectivity index (χ2v) is 4.11. The van der Waals surface area contributed by atoms with E-state index in [2.05, 4.69) is 0 Å². The van der Waals surface area contributed by atoms with E-state index in [1.165, 1.54) is 31.4 Å². The minimum Gasteiger partial charge on any atom is -0.496 e. The maximum atomic E-state index is 13.3. The van der Waals surface area contributed by atoms with Gasteiger partial charge in [-0.1, -0.05) is 23.7 Å². The standard InChI is InChI=1S/C14H10ClFO2/c1-18-14-5-3-10(16)7-12(14)11-4-2-9(8-17)6-13(11)15/h2-8H,1H3. The Morgan fingerprint density at radius 1 is 1.17 bits per heavy atom. The summed E-state index contributed by atoms with van der Waals surface area (Å²) >= 11 is 6.09. The fourth-order valence-corrected chi connectivity index (χ4v) is 2.00. The van der Waals surface area contributed by atoms with Crippen LogP contribution in [0, 0.1) is 5.82 Å². The maximum absolute atomic E-state index is 13.3. The molecule has 2 rings (SSSR count). The molecule has 0 bridgehead atoms. The van der Waals surface area contributed by atoms with Gasteiger partial charge in [0.2, 0.25) is 0 Å². The zero-order valence-electron chi connectivity index (χ0n) is 9.61. The Morgan fingerprint density at radius 3 is 2.56 bits per heavy atom. The van der Waals surface area contributed by atoms with Crippen LogP contribution >= 0.6 is 11.6 Å². The van der Waals surface area contributed by atoms with Gasteiger partial charge in [0.05, 0.1) is 7.11 Å². The average Bonchev–Trinajstić information content (AvgIpc) is 2.38. The van der Waals surface area contributed by atoms with E-state index in [-0.39, 0.29) is 5.82 Å². The zero-order valence-corrected chi connectivity index (χ0v) is 10.4. The van der Waals surface area contributed by atoms with Gasteiger partial charge in [0, 0.05) is 21.7 Å². The van der Waals surface area contributed by atoms with Crippen molar-refractivity contribution in [1.82, 2.24) is 0 Å². The third-order valence-corrected chi connectivity index (χ3v) is 2.89. The highest BCUT2D eigenvalue weighted by atomic mass is 35.5. The Labute approximate surface area is 109 Å². The van der Waals surface area contributed by atoms with Gasteiger partial charge < -0.3 is 4.74 Å². The minimum absolute atomic E-state index is 0.374. The summed E-state index contributed by atoms with van der Waals surface area (Å²) in [4.78, 5) is 10.6. The van der Waals surface area contributed by atoms with Gasteiger partial charge in [-0.2, -0.15) is 0 Å². The second-order valence-electron chi connectivity index (χ2n) is 3.70. The SMILES string of the molecule is COc1ccc(F)cc1-c1ccc(C=O)cc1Cl. The summed E-state index contributed by atoms with van der Waals surface area (Å²) in [5, 5.41) is 0.378. The van der Waals surface area contributed by atoms with Crippen molar-refractivity contribution in [2.45, 2.75) is 0 Å². The number of benzene rings is 2. The molecule has 4 heteroatoms. The normalized spacial score (nSPS) is 10.2. The first-order chi connectivity index (χ1) is 8.65. The molecule has 0 unspecified atom stereocenters. The van der Waals surface area contributed by atoms with Crippen LogP contribution in [0.3, 0.4) is 0 Å². The van der Waals surface area contributed by atoms with Crippen LogP contribution in [0.5, 0.6) is 5.75 Å². The van der Waals surface area contributed by atoms with Crippen molar-refractivity contribution >= 4 is 17.9 Å². The molecule has 0 amide bonds. The second kappa shape index (κ2) is 5.19. The first-order valence-corrected chi connectivity index (χ1v) is 5.62. The van der Waals surface area contributed by atoms with E-state index < -0.39 is 0 Å². The van der Waals surface area contributed by atoms with E-state index in [1.807, 2.05) is 0 Å². The van der Waals surface area contributed by atoms with Gasteiger partial charge in [0.25, 0.3) is 0 Å². The summed E-state index contributed by atoms with van der Waals surface area (Å²) in [6.45, 7) is 0. The third kappa shape index (κ3) is 2.36. The molecule has 0 aliphatic heterocycles. The molecule has 2 aromatic carbocycles. The van der Waals surface area contributed by atoms with Gasteiger partial charge in [0.15, 0.2) is 0 Å². The van der Waals surface area contributed by atoms with Gasteiger partial charge in [-0.25, -0.2) is 4.39 Å². The summed E-state index contributed by atoms with van der Waals surface area (Å²) in [6.07, 6.45) is 0.707. The molecule has 0 saturated carbocycles. The Bertz CT molecular complexity index is 596. The molecule has 0 aliphatic carbocycles. The predicted molar refractivity (Wildman–Crippen MR) is 68.8 cm³/mol. The number of rotatable bonds is 3. The fraction of sp³-hybridized carbons (Fsp3) is 0.0714. The highest BCUT2D eigenvalue weighted by Gasteiger charge is 2.11. The summed E-state index contributed by atoms with van der Waals surface area (Å²) in [7, 11) is 1.50. The smallest absolute Gasteiger partial charge is 0.150 e. The monoisotopic (exact) mass is 264 g/mol. The lowest BCUT2D eigenvalue weighted by Gasteiger charge is -2.10. The van der Waals surface area contributed by atoms with Crippen LogP contribution in [0.15, 0.2) is 36.4 Å². The molecule has 0 aliphatic rings. The Morgan fingerprint density at radius 2 is 1.94 bits per heavy atom. The van der Waals surface area contributed by atoms with Crippen LogP contribution < -0.4 is 4.74 Å². The van der Waals surface area contributed by atoms with Gasteiger partial charge in [0.1, 0.15) is 17.9 Å². The van der Waals surface area contributed by atoms with Gasteiger partial charge in [-0.15, -0.1) is 0 Å². The lowest BCUT2D eigenvalue weighted by Crippen LogP contribution is -1.91. The number of aldehydes is 1. The Kier molecular flexibility index (Phi) is 3.63. The van der Waals surface area contributed by atoms with Crippen molar-refractivity contribution in [1.29, 1.82) is 0 Å². The number of hydrogen-bond donors (Lipinski definition) is 0. The van der Waals surface area contributed by atoms with Crippen molar-refractivity contribution in [2.24, 2.45) is 0 Å². The number of ether oxygens (including phenoxy) is 1. The number of hydrogen-bond acceptors (Lipinski definition) is 2. The van der Waals surface area contributed by atoms with E-state index in [4.69, 9.17) is 16.3 Å². The van der Waals surface area contributed by atoms with E-state index in [1.54, 1.807) is 12.1 Å². The van der Waals surface area contributed by atoms with Crippen LogP contribution in [0.1, 0.15) is 10.4 Å². The topological polar surface area (TPSA) is 26.3 Å². The van der Waals surface area contributed by atoms with E-state index in [0.29, 0.717) is 33.7 Å². The molecule has 92 valence electrons. The van der Waals surface area contributed by atoms with Crippen molar-refractivity contribution in [3.8, 4) is 16.9 Å². The lowest BCUT2D eigenvalue weighted by molar-refractivity contribution is 0.112. The van der Waals surface area contributed by atoms with E-state index in [0.717, 1.165) is 0 Å². The third-order valence-electron chi connectivity index (χ3n) is 2.58. The Balaban J connectivity index is 2.61. The molecule has 0 aromatic heterocycles. The number of carbonyl (C=O) groups is 1. The quantitative estimate of drug-likeness (QED) is 0.784. The van der Waals surface area contributed by atoms with Gasteiger partial charge in [-0.05, 0) is 24.3 Å². The molecular formula is C14H10ClFO2. The zero-order chi connectivity index (χ0) is 13.1. The molecule has 2 nitrogen and oxygen atoms in total. The Hall–Kier alpha value is -1.87. The van der Waals surface area contributed by atoms with Crippen LogP contribution in [0.2, 0.25) is 5.02 Å². The summed E-state index contributed by atoms with van der Waals surface area (Å²) in [6, 6.07) is 9.03. The summed E-state index contributed by atoms with van der Waals surface area (Å²) in [5.74, 6) is 0.151. The molecule has 0 saturated heterocycles. The van der Waals surface area contributed by atoms with Crippen molar-refractivity contribution in [3.05, 3.63) is 52.8 Å². The maximum Gasteiger partial charge on any atom is 0.150 e. The number of carbonyl (C=O) groups excluding carboxylic acids is 1. The molecule has 0 spiro atoms.